The van der Waals surface area contributed by atoms with Gasteiger partial charge in [-0.05, 0) is 49.8 Å². The molecule has 23 heavy (non-hydrogen) atoms. The van der Waals surface area contributed by atoms with E-state index < -0.39 is 0 Å². The summed E-state index contributed by atoms with van der Waals surface area (Å²) in [5.74, 6) is 1.65. The fourth-order valence-electron chi connectivity index (χ4n) is 2.72. The smallest absolute Gasteiger partial charge is 0.224 e. The van der Waals surface area contributed by atoms with Gasteiger partial charge in [0.25, 0.3) is 0 Å². The topological polar surface area (TPSA) is 44.3 Å². The minimum atomic E-state index is 0.686. The van der Waals surface area contributed by atoms with E-state index in [4.69, 9.17) is 11.6 Å². The first-order valence-corrected chi connectivity index (χ1v) is 8.23. The molecule has 3 rings (SSSR count). The van der Waals surface area contributed by atoms with E-state index in [9.17, 15) is 0 Å². The molecule has 0 aliphatic carbocycles. The number of nitrogens with zero attached hydrogens (tertiary/aromatic N) is 4. The highest BCUT2D eigenvalue weighted by Crippen LogP contribution is 2.25. The number of nitrogens with one attached hydrogen (secondary N) is 1. The lowest BCUT2D eigenvalue weighted by atomic mass is 10.00. The predicted octanol–water partition coefficient (Wildman–Crippen LogP) is 2.67. The van der Waals surface area contributed by atoms with Crippen LogP contribution in [0.15, 0.2) is 30.5 Å². The first-order chi connectivity index (χ1) is 11.1. The molecule has 0 atom stereocenters. The van der Waals surface area contributed by atoms with E-state index in [0.29, 0.717) is 5.95 Å². The van der Waals surface area contributed by atoms with Crippen molar-refractivity contribution in [1.29, 1.82) is 0 Å². The minimum absolute atomic E-state index is 0.686. The maximum Gasteiger partial charge on any atom is 0.224 e. The molecule has 0 saturated heterocycles. The highest BCUT2D eigenvalue weighted by atomic mass is 35.5. The maximum absolute atomic E-state index is 6.08. The van der Waals surface area contributed by atoms with E-state index in [2.05, 4.69) is 51.3 Å². The molecule has 122 valence electrons. The van der Waals surface area contributed by atoms with Gasteiger partial charge in [-0.1, -0.05) is 17.7 Å². The molecule has 6 heteroatoms. The Balaban J connectivity index is 1.69. The molecular formula is C17H22ClN5. The summed E-state index contributed by atoms with van der Waals surface area (Å²) in [4.78, 5) is 13.4. The summed E-state index contributed by atoms with van der Waals surface area (Å²) >= 11 is 6.08. The Morgan fingerprint density at radius 2 is 2.13 bits per heavy atom. The van der Waals surface area contributed by atoms with Crippen LogP contribution in [-0.4, -0.2) is 48.6 Å². The normalized spacial score (nSPS) is 14.0. The molecule has 5 nitrogen and oxygen atoms in total. The van der Waals surface area contributed by atoms with E-state index in [1.807, 2.05) is 18.3 Å². The van der Waals surface area contributed by atoms with Crippen LogP contribution in [0.1, 0.15) is 11.1 Å². The summed E-state index contributed by atoms with van der Waals surface area (Å²) in [5, 5.41) is 4.09. The van der Waals surface area contributed by atoms with Crippen molar-refractivity contribution in [3.8, 4) is 0 Å². The van der Waals surface area contributed by atoms with E-state index in [0.717, 1.165) is 43.4 Å². The van der Waals surface area contributed by atoms with Gasteiger partial charge >= 0.3 is 0 Å². The summed E-state index contributed by atoms with van der Waals surface area (Å²) in [6.45, 7) is 3.59. The number of anilines is 2. The van der Waals surface area contributed by atoms with Gasteiger partial charge in [-0.2, -0.15) is 4.98 Å². The van der Waals surface area contributed by atoms with Crippen LogP contribution in [0.2, 0.25) is 5.02 Å². The zero-order valence-electron chi connectivity index (χ0n) is 13.6. The van der Waals surface area contributed by atoms with Crippen LogP contribution in [0.3, 0.4) is 0 Å². The molecule has 0 radical (unpaired) electrons. The summed E-state index contributed by atoms with van der Waals surface area (Å²) in [6.07, 6.45) is 2.81. The highest BCUT2D eigenvalue weighted by Gasteiger charge is 2.18. The van der Waals surface area contributed by atoms with Gasteiger partial charge in [0.15, 0.2) is 0 Å². The second-order valence-corrected chi connectivity index (χ2v) is 6.49. The fourth-order valence-corrected chi connectivity index (χ4v) is 2.91. The number of aromatic nitrogens is 2. The quantitative estimate of drug-likeness (QED) is 0.912. The van der Waals surface area contributed by atoms with Gasteiger partial charge in [0.1, 0.15) is 5.82 Å². The van der Waals surface area contributed by atoms with Crippen molar-refractivity contribution in [2.75, 3.05) is 43.9 Å². The number of rotatable bonds is 5. The SMILES string of the molecule is CN(C)CCNc1nccc(N2CCc3cc(Cl)ccc3C2)n1. The number of halogens is 1. The second kappa shape index (κ2) is 7.15. The summed E-state index contributed by atoms with van der Waals surface area (Å²) in [6, 6.07) is 8.11. The Kier molecular flexibility index (Phi) is 4.98. The summed E-state index contributed by atoms with van der Waals surface area (Å²) in [7, 11) is 4.10. The van der Waals surface area contributed by atoms with Gasteiger partial charge in [0.05, 0.1) is 0 Å². The lowest BCUT2D eigenvalue weighted by Crippen LogP contribution is -2.31. The number of hydrogen-bond donors (Lipinski definition) is 1. The van der Waals surface area contributed by atoms with Crippen LogP contribution in [0.25, 0.3) is 0 Å². The van der Waals surface area contributed by atoms with Crippen molar-refractivity contribution in [2.24, 2.45) is 0 Å². The van der Waals surface area contributed by atoms with Crippen LogP contribution < -0.4 is 10.2 Å². The van der Waals surface area contributed by atoms with E-state index >= 15 is 0 Å². The fraction of sp³-hybridized carbons (Fsp3) is 0.412. The van der Waals surface area contributed by atoms with Crippen molar-refractivity contribution < 1.29 is 0 Å². The summed E-state index contributed by atoms with van der Waals surface area (Å²) < 4.78 is 0. The lowest BCUT2D eigenvalue weighted by Gasteiger charge is -2.30. The molecule has 0 spiro atoms. The Morgan fingerprint density at radius 3 is 2.96 bits per heavy atom. The van der Waals surface area contributed by atoms with Crippen molar-refractivity contribution in [2.45, 2.75) is 13.0 Å². The van der Waals surface area contributed by atoms with Gasteiger partial charge in [-0.3, -0.25) is 0 Å². The van der Waals surface area contributed by atoms with Crippen LogP contribution in [0.4, 0.5) is 11.8 Å². The molecule has 0 fully saturated rings. The minimum Gasteiger partial charge on any atom is -0.353 e. The first kappa shape index (κ1) is 16.0. The molecule has 0 bridgehead atoms. The molecule has 0 amide bonds. The molecule has 1 aromatic carbocycles. The van der Waals surface area contributed by atoms with Gasteiger partial charge in [0.2, 0.25) is 5.95 Å². The third-order valence-corrected chi connectivity index (χ3v) is 4.22. The number of likely N-dealkylation sites (N-methyl/N-ethyl adjacent to an activating group) is 1. The van der Waals surface area contributed by atoms with Gasteiger partial charge in [-0.25, -0.2) is 4.98 Å². The molecule has 1 aromatic heterocycles. The lowest BCUT2D eigenvalue weighted by molar-refractivity contribution is 0.425. The van der Waals surface area contributed by atoms with Gasteiger partial charge < -0.3 is 15.1 Å². The molecule has 1 N–H and O–H groups in total. The zero-order valence-corrected chi connectivity index (χ0v) is 14.3. The number of hydrogen-bond acceptors (Lipinski definition) is 5. The number of fused-ring (bicyclic) bond motifs is 1. The average molecular weight is 332 g/mol. The molecule has 1 aliphatic rings. The van der Waals surface area contributed by atoms with E-state index in [1.54, 1.807) is 0 Å². The summed E-state index contributed by atoms with van der Waals surface area (Å²) in [5.41, 5.74) is 2.66. The first-order valence-electron chi connectivity index (χ1n) is 7.86. The van der Waals surface area contributed by atoms with Crippen LogP contribution in [0, 0.1) is 0 Å². The standard InChI is InChI=1S/C17H22ClN5/c1-22(2)10-8-20-17-19-7-5-16(21-17)23-9-6-13-11-15(18)4-3-14(13)12-23/h3-5,7,11H,6,8-10,12H2,1-2H3,(H,19,20,21). The van der Waals surface area contributed by atoms with Crippen molar-refractivity contribution >= 4 is 23.4 Å². The van der Waals surface area contributed by atoms with E-state index in [1.165, 1.54) is 11.1 Å². The average Bonchev–Trinajstić information content (AvgIpc) is 2.54. The third-order valence-electron chi connectivity index (χ3n) is 3.99. The Bertz CT molecular complexity index is 674. The van der Waals surface area contributed by atoms with Gasteiger partial charge in [-0.15, -0.1) is 0 Å². The zero-order chi connectivity index (χ0) is 16.2. The molecular weight excluding hydrogens is 310 g/mol. The Hall–Kier alpha value is -1.85. The molecule has 1 aliphatic heterocycles. The second-order valence-electron chi connectivity index (χ2n) is 6.05. The molecule has 0 saturated carbocycles. The monoisotopic (exact) mass is 331 g/mol. The Labute approximate surface area is 142 Å². The Morgan fingerprint density at radius 1 is 1.26 bits per heavy atom. The van der Waals surface area contributed by atoms with Gasteiger partial charge in [0, 0.05) is 37.4 Å². The number of benzene rings is 1. The highest BCUT2D eigenvalue weighted by molar-refractivity contribution is 6.30. The van der Waals surface area contributed by atoms with Crippen LogP contribution >= 0.6 is 11.6 Å². The van der Waals surface area contributed by atoms with Crippen molar-refractivity contribution in [3.63, 3.8) is 0 Å². The molecule has 0 unspecified atom stereocenters. The van der Waals surface area contributed by atoms with Crippen LogP contribution in [0.5, 0.6) is 0 Å². The molecule has 2 heterocycles. The van der Waals surface area contributed by atoms with Crippen LogP contribution in [-0.2, 0) is 13.0 Å². The predicted molar refractivity (Wildman–Crippen MR) is 95.3 cm³/mol. The van der Waals surface area contributed by atoms with Crippen molar-refractivity contribution in [3.05, 3.63) is 46.6 Å². The van der Waals surface area contributed by atoms with E-state index in [-0.39, 0.29) is 0 Å². The molecule has 2 aromatic rings. The maximum atomic E-state index is 6.08. The largest absolute Gasteiger partial charge is 0.353 e. The third kappa shape index (κ3) is 4.12. The van der Waals surface area contributed by atoms with Crippen molar-refractivity contribution in [1.82, 2.24) is 14.9 Å².